The van der Waals surface area contributed by atoms with Crippen LogP contribution in [0.3, 0.4) is 0 Å². The Bertz CT molecular complexity index is 1290. The van der Waals surface area contributed by atoms with Crippen molar-refractivity contribution in [1.82, 2.24) is 0 Å². The summed E-state index contributed by atoms with van der Waals surface area (Å²) in [5.74, 6) is 3.58. The summed E-state index contributed by atoms with van der Waals surface area (Å²) >= 11 is 5.71. The standard InChI is InChI=1S/C27H26O6S/c1-28-21-11-17-18(12-22(21)29-2)26(33-16-6-4-3-5-7-16)19-13-30-27(34)25(19)24(17)15-8-9-20-23(10-15)32-14-31-20/h8-12,16H,3-7,13-14H2,1-2H3. The van der Waals surface area contributed by atoms with E-state index in [0.29, 0.717) is 28.9 Å². The molecule has 1 fully saturated rings. The molecule has 0 unspecified atom stereocenters. The first-order valence-corrected chi connectivity index (χ1v) is 12.1. The van der Waals surface area contributed by atoms with Crippen molar-refractivity contribution in [3.05, 3.63) is 41.5 Å². The lowest BCUT2D eigenvalue weighted by molar-refractivity contribution is 0.154. The Morgan fingerprint density at radius 1 is 0.824 bits per heavy atom. The van der Waals surface area contributed by atoms with Gasteiger partial charge in [-0.3, -0.25) is 0 Å². The lowest BCUT2D eigenvalue weighted by Crippen LogP contribution is -2.20. The number of fused-ring (bicyclic) bond motifs is 3. The molecule has 7 heteroatoms. The lowest BCUT2D eigenvalue weighted by Gasteiger charge is -2.26. The molecule has 0 radical (unpaired) electrons. The van der Waals surface area contributed by atoms with Crippen molar-refractivity contribution < 1.29 is 28.4 Å². The zero-order valence-corrected chi connectivity index (χ0v) is 20.1. The van der Waals surface area contributed by atoms with Gasteiger partial charge in [-0.15, -0.1) is 0 Å². The van der Waals surface area contributed by atoms with Crippen molar-refractivity contribution in [2.75, 3.05) is 21.0 Å². The van der Waals surface area contributed by atoms with E-state index in [0.717, 1.165) is 57.4 Å². The first-order chi connectivity index (χ1) is 16.7. The Morgan fingerprint density at radius 3 is 2.32 bits per heavy atom. The Hall–Kier alpha value is -3.19. The van der Waals surface area contributed by atoms with Crippen LogP contribution in [-0.4, -0.2) is 32.2 Å². The highest BCUT2D eigenvalue weighted by Crippen LogP contribution is 2.49. The van der Waals surface area contributed by atoms with E-state index in [1.165, 1.54) is 19.3 Å². The molecule has 3 aromatic carbocycles. The quantitative estimate of drug-likeness (QED) is 0.407. The molecule has 0 spiro atoms. The predicted molar refractivity (Wildman–Crippen MR) is 133 cm³/mol. The molecule has 1 aliphatic carbocycles. The summed E-state index contributed by atoms with van der Waals surface area (Å²) in [5.41, 5.74) is 3.83. The molecule has 0 aromatic heterocycles. The highest BCUT2D eigenvalue weighted by atomic mass is 32.1. The van der Waals surface area contributed by atoms with Crippen molar-refractivity contribution in [1.29, 1.82) is 0 Å². The van der Waals surface area contributed by atoms with Crippen LogP contribution < -0.4 is 23.7 Å². The van der Waals surface area contributed by atoms with Gasteiger partial charge < -0.3 is 28.4 Å². The summed E-state index contributed by atoms with van der Waals surface area (Å²) < 4.78 is 35.2. The van der Waals surface area contributed by atoms with Crippen LogP contribution in [0.2, 0.25) is 0 Å². The molecule has 0 saturated heterocycles. The number of hydrogen-bond acceptors (Lipinski definition) is 7. The van der Waals surface area contributed by atoms with Gasteiger partial charge in [-0.2, -0.15) is 0 Å². The lowest BCUT2D eigenvalue weighted by atomic mass is 9.89. The number of benzene rings is 3. The van der Waals surface area contributed by atoms with Gasteiger partial charge in [-0.05, 0) is 73.1 Å². The van der Waals surface area contributed by atoms with E-state index >= 15 is 0 Å². The molecule has 0 bridgehead atoms. The van der Waals surface area contributed by atoms with Gasteiger partial charge in [0.25, 0.3) is 0 Å². The first-order valence-electron chi connectivity index (χ1n) is 11.7. The first kappa shape index (κ1) is 21.4. The van der Waals surface area contributed by atoms with Gasteiger partial charge in [-0.25, -0.2) is 0 Å². The molecule has 1 saturated carbocycles. The van der Waals surface area contributed by atoms with Gasteiger partial charge >= 0.3 is 0 Å². The van der Waals surface area contributed by atoms with E-state index in [1.54, 1.807) is 14.2 Å². The van der Waals surface area contributed by atoms with E-state index < -0.39 is 0 Å². The molecule has 3 aliphatic rings. The van der Waals surface area contributed by atoms with E-state index in [4.69, 9.17) is 40.6 Å². The van der Waals surface area contributed by atoms with Gasteiger partial charge in [0.05, 0.1) is 20.3 Å². The van der Waals surface area contributed by atoms with E-state index in [-0.39, 0.29) is 12.9 Å². The molecule has 34 heavy (non-hydrogen) atoms. The molecule has 2 aliphatic heterocycles. The van der Waals surface area contributed by atoms with Crippen molar-refractivity contribution >= 4 is 28.0 Å². The number of methoxy groups -OCH3 is 2. The maximum Gasteiger partial charge on any atom is 0.231 e. The molecular formula is C27H26O6S. The average molecular weight is 479 g/mol. The highest BCUT2D eigenvalue weighted by molar-refractivity contribution is 7.80. The SMILES string of the molecule is COc1cc2c(OC3CCCCC3)c3c(c(-c4ccc5c(c4)OCO5)c2cc1OC)C(=S)OC3. The second kappa shape index (κ2) is 8.55. The summed E-state index contributed by atoms with van der Waals surface area (Å²) in [6.45, 7) is 0.608. The number of hydrogen-bond donors (Lipinski definition) is 0. The summed E-state index contributed by atoms with van der Waals surface area (Å²) in [7, 11) is 3.29. The molecule has 2 heterocycles. The number of thiocarbonyl (C=S) groups is 1. The summed E-state index contributed by atoms with van der Waals surface area (Å²) in [4.78, 5) is 0. The normalized spacial score (nSPS) is 16.9. The molecule has 6 rings (SSSR count). The molecular weight excluding hydrogens is 452 g/mol. The maximum atomic E-state index is 6.72. The van der Waals surface area contributed by atoms with Crippen molar-refractivity contribution in [3.8, 4) is 39.9 Å². The van der Waals surface area contributed by atoms with Crippen LogP contribution in [0.1, 0.15) is 43.2 Å². The van der Waals surface area contributed by atoms with Crippen LogP contribution in [0.25, 0.3) is 21.9 Å². The average Bonchev–Trinajstić information content (AvgIpc) is 3.50. The van der Waals surface area contributed by atoms with Crippen LogP contribution in [0, 0.1) is 0 Å². The minimum Gasteiger partial charge on any atom is -0.493 e. The third-order valence-electron chi connectivity index (χ3n) is 6.91. The highest BCUT2D eigenvalue weighted by Gasteiger charge is 2.32. The summed E-state index contributed by atoms with van der Waals surface area (Å²) in [6.07, 6.45) is 5.93. The molecule has 0 atom stereocenters. The number of rotatable bonds is 5. The van der Waals surface area contributed by atoms with E-state index in [2.05, 4.69) is 0 Å². The van der Waals surface area contributed by atoms with Crippen molar-refractivity contribution in [2.24, 2.45) is 0 Å². The molecule has 6 nitrogen and oxygen atoms in total. The van der Waals surface area contributed by atoms with Crippen LogP contribution in [0.4, 0.5) is 0 Å². The second-order valence-corrected chi connectivity index (χ2v) is 9.20. The second-order valence-electron chi connectivity index (χ2n) is 8.83. The number of ether oxygens (including phenoxy) is 6. The smallest absolute Gasteiger partial charge is 0.231 e. The minimum absolute atomic E-state index is 0.180. The fraction of sp³-hybridized carbons (Fsp3) is 0.370. The zero-order valence-electron chi connectivity index (χ0n) is 19.3. The topological polar surface area (TPSA) is 55.4 Å². The van der Waals surface area contributed by atoms with Crippen LogP contribution in [0.15, 0.2) is 30.3 Å². The van der Waals surface area contributed by atoms with Gasteiger partial charge in [0.1, 0.15) is 12.4 Å². The Kier molecular flexibility index (Phi) is 5.37. The maximum absolute atomic E-state index is 6.72. The summed E-state index contributed by atoms with van der Waals surface area (Å²) in [6, 6.07) is 9.97. The molecule has 176 valence electrons. The molecule has 0 N–H and O–H groups in total. The predicted octanol–water partition coefficient (Wildman–Crippen LogP) is 6.17. The molecule has 3 aromatic rings. The van der Waals surface area contributed by atoms with Gasteiger partial charge in [-0.1, -0.05) is 12.5 Å². The summed E-state index contributed by atoms with van der Waals surface area (Å²) in [5, 5.41) is 2.41. The Morgan fingerprint density at radius 2 is 1.56 bits per heavy atom. The minimum atomic E-state index is 0.180. The largest absolute Gasteiger partial charge is 0.493 e. The van der Waals surface area contributed by atoms with Gasteiger partial charge in [0.2, 0.25) is 6.79 Å². The van der Waals surface area contributed by atoms with Crippen molar-refractivity contribution in [2.45, 2.75) is 44.8 Å². The third kappa shape index (κ3) is 3.41. The van der Waals surface area contributed by atoms with E-state index in [9.17, 15) is 0 Å². The van der Waals surface area contributed by atoms with Crippen LogP contribution >= 0.6 is 12.2 Å². The zero-order chi connectivity index (χ0) is 23.2. The van der Waals surface area contributed by atoms with Crippen LogP contribution in [0.5, 0.6) is 28.7 Å². The van der Waals surface area contributed by atoms with Gasteiger partial charge in [0.15, 0.2) is 28.0 Å². The fourth-order valence-electron chi connectivity index (χ4n) is 5.24. The van der Waals surface area contributed by atoms with Gasteiger partial charge in [0, 0.05) is 22.1 Å². The Labute approximate surface area is 203 Å². The fourth-order valence-corrected chi connectivity index (χ4v) is 5.53. The third-order valence-corrected chi connectivity index (χ3v) is 7.24. The van der Waals surface area contributed by atoms with Crippen molar-refractivity contribution in [3.63, 3.8) is 0 Å². The van der Waals surface area contributed by atoms with E-state index in [1.807, 2.05) is 30.3 Å². The monoisotopic (exact) mass is 478 g/mol. The van der Waals surface area contributed by atoms with Crippen LogP contribution in [-0.2, 0) is 11.3 Å². The Balaban J connectivity index is 1.64. The molecule has 0 amide bonds.